The lowest BCUT2D eigenvalue weighted by Crippen LogP contribution is -2.55. The highest BCUT2D eigenvalue weighted by Crippen LogP contribution is 2.37. The van der Waals surface area contributed by atoms with Gasteiger partial charge in [0.05, 0.1) is 29.1 Å². The van der Waals surface area contributed by atoms with Crippen LogP contribution in [-0.2, 0) is 10.9 Å². The minimum Gasteiger partial charge on any atom is -0.461 e. The number of aromatic amines is 1. The van der Waals surface area contributed by atoms with Crippen molar-refractivity contribution in [3.63, 3.8) is 0 Å². The number of ether oxygens (including phenoxy) is 1. The number of aromatic nitrogens is 3. The Morgan fingerprint density at radius 1 is 1.13 bits per heavy atom. The van der Waals surface area contributed by atoms with Gasteiger partial charge in [-0.05, 0) is 58.0 Å². The predicted octanol–water partition coefficient (Wildman–Crippen LogP) is 4.57. The SMILES string of the molecule is CCOC(=O)c1ccnc(N2CC=C(c3cc(NC(=O)c4c[nH]c(=O)cc4C(F)(F)F)c(N4CC(C)N(C)C(C)C4)cc3F)CC2)n1. The third-order valence-electron chi connectivity index (χ3n) is 8.47. The van der Waals surface area contributed by atoms with Crippen molar-refractivity contribution in [1.82, 2.24) is 19.9 Å². The van der Waals surface area contributed by atoms with Gasteiger partial charge in [0, 0.05) is 62.3 Å². The average Bonchev–Trinajstić information content (AvgIpc) is 3.03. The number of benzene rings is 1. The molecule has 2 aromatic heterocycles. The zero-order valence-electron chi connectivity index (χ0n) is 26.3. The summed E-state index contributed by atoms with van der Waals surface area (Å²) in [6, 6.07) is 4.66. The maximum Gasteiger partial charge on any atom is 0.417 e. The van der Waals surface area contributed by atoms with Crippen molar-refractivity contribution in [3.05, 3.63) is 81.3 Å². The first kappa shape index (κ1) is 33.6. The van der Waals surface area contributed by atoms with Crippen molar-refractivity contribution >= 4 is 34.8 Å². The van der Waals surface area contributed by atoms with Gasteiger partial charge < -0.3 is 24.8 Å². The molecule has 4 heterocycles. The number of nitrogens with one attached hydrogen (secondary N) is 2. The highest BCUT2D eigenvalue weighted by molar-refractivity contribution is 6.07. The number of hydrogen-bond donors (Lipinski definition) is 2. The van der Waals surface area contributed by atoms with E-state index in [1.807, 2.05) is 30.7 Å². The number of rotatable bonds is 7. The monoisotopic (exact) mass is 657 g/mol. The maximum atomic E-state index is 15.9. The molecule has 0 bridgehead atoms. The van der Waals surface area contributed by atoms with E-state index < -0.39 is 40.6 Å². The minimum absolute atomic E-state index is 0.0673. The van der Waals surface area contributed by atoms with Crippen LogP contribution in [0.5, 0.6) is 0 Å². The number of hydrogen-bond acceptors (Lipinski definition) is 9. The number of nitrogens with zero attached hydrogens (tertiary/aromatic N) is 5. The number of likely N-dealkylation sites (N-methyl/N-ethyl adjacent to an activating group) is 1. The molecule has 2 aliphatic rings. The van der Waals surface area contributed by atoms with Crippen LogP contribution in [0.2, 0.25) is 0 Å². The standard InChI is InChI=1S/C32H35F4N7O4/c1-5-47-30(46)25-6-9-37-31(40-25)42-10-7-20(8-11-42)21-12-26(27(14-24(21)33)43-16-18(2)41(4)19(3)17-43)39-29(45)22-15-38-28(44)13-23(22)32(34,35)36/h6-7,9,12-15,18-19H,5,8,10-11,16-17H2,1-4H3,(H,38,44)(H,39,45). The predicted molar refractivity (Wildman–Crippen MR) is 168 cm³/mol. The van der Waals surface area contributed by atoms with E-state index in [-0.39, 0.29) is 42.2 Å². The van der Waals surface area contributed by atoms with Crippen molar-refractivity contribution in [2.24, 2.45) is 0 Å². The van der Waals surface area contributed by atoms with Gasteiger partial charge in [-0.2, -0.15) is 13.2 Å². The molecule has 15 heteroatoms. The van der Waals surface area contributed by atoms with Crippen molar-refractivity contribution in [2.45, 2.75) is 45.5 Å². The molecule has 2 atom stereocenters. The van der Waals surface area contributed by atoms with Gasteiger partial charge in [-0.3, -0.25) is 14.5 Å². The number of H-pyrrole nitrogens is 1. The third-order valence-corrected chi connectivity index (χ3v) is 8.47. The van der Waals surface area contributed by atoms with Gasteiger partial charge in [-0.15, -0.1) is 0 Å². The summed E-state index contributed by atoms with van der Waals surface area (Å²) in [5.41, 5.74) is -1.80. The zero-order chi connectivity index (χ0) is 34.0. The number of amides is 1. The lowest BCUT2D eigenvalue weighted by atomic mass is 9.97. The molecule has 1 amide bonds. The second-order valence-corrected chi connectivity index (χ2v) is 11.6. The van der Waals surface area contributed by atoms with Crippen LogP contribution < -0.4 is 20.7 Å². The van der Waals surface area contributed by atoms with E-state index in [0.29, 0.717) is 49.3 Å². The second kappa shape index (κ2) is 13.5. The molecule has 0 saturated carbocycles. The fourth-order valence-electron chi connectivity index (χ4n) is 5.77. The van der Waals surface area contributed by atoms with Crippen LogP contribution in [0.25, 0.3) is 5.57 Å². The van der Waals surface area contributed by atoms with E-state index in [2.05, 4.69) is 25.2 Å². The number of carbonyl (C=O) groups excluding carboxylic acids is 2. The molecule has 11 nitrogen and oxygen atoms in total. The number of anilines is 3. The fraction of sp³-hybridized carbons (Fsp3) is 0.406. The molecule has 0 spiro atoms. The Morgan fingerprint density at radius 3 is 2.49 bits per heavy atom. The number of alkyl halides is 3. The van der Waals surface area contributed by atoms with E-state index in [1.54, 1.807) is 13.0 Å². The molecule has 3 aromatic rings. The Balaban J connectivity index is 1.49. The van der Waals surface area contributed by atoms with Crippen LogP contribution in [0.3, 0.4) is 0 Å². The average molecular weight is 658 g/mol. The van der Waals surface area contributed by atoms with Gasteiger partial charge in [0.1, 0.15) is 5.82 Å². The lowest BCUT2D eigenvalue weighted by Gasteiger charge is -2.44. The lowest BCUT2D eigenvalue weighted by molar-refractivity contribution is -0.138. The molecule has 250 valence electrons. The molecular weight excluding hydrogens is 622 g/mol. The van der Waals surface area contributed by atoms with E-state index in [4.69, 9.17) is 4.74 Å². The summed E-state index contributed by atoms with van der Waals surface area (Å²) in [4.78, 5) is 53.8. The van der Waals surface area contributed by atoms with Gasteiger partial charge >= 0.3 is 12.1 Å². The van der Waals surface area contributed by atoms with E-state index in [0.717, 1.165) is 6.20 Å². The van der Waals surface area contributed by atoms with Crippen molar-refractivity contribution in [1.29, 1.82) is 0 Å². The van der Waals surface area contributed by atoms with Crippen LogP contribution in [0.1, 0.15) is 59.2 Å². The summed E-state index contributed by atoms with van der Waals surface area (Å²) < 4.78 is 62.3. The van der Waals surface area contributed by atoms with Crippen molar-refractivity contribution < 1.29 is 31.9 Å². The summed E-state index contributed by atoms with van der Waals surface area (Å²) in [7, 11) is 1.98. The van der Waals surface area contributed by atoms with Crippen molar-refractivity contribution in [2.75, 3.05) is 55.0 Å². The van der Waals surface area contributed by atoms with Crippen LogP contribution in [0.4, 0.5) is 34.9 Å². The number of carbonyl (C=O) groups is 2. The molecule has 1 saturated heterocycles. The Kier molecular flexibility index (Phi) is 9.65. The Hall–Kier alpha value is -4.79. The summed E-state index contributed by atoms with van der Waals surface area (Å²) in [5, 5.41) is 2.58. The fourth-order valence-corrected chi connectivity index (χ4v) is 5.77. The zero-order valence-corrected chi connectivity index (χ0v) is 26.3. The van der Waals surface area contributed by atoms with E-state index in [9.17, 15) is 27.6 Å². The molecule has 2 unspecified atom stereocenters. The van der Waals surface area contributed by atoms with E-state index in [1.165, 1.54) is 24.4 Å². The van der Waals surface area contributed by atoms with Crippen LogP contribution >= 0.6 is 0 Å². The highest BCUT2D eigenvalue weighted by atomic mass is 19.4. The largest absolute Gasteiger partial charge is 0.461 e. The number of piperazine rings is 1. The Bertz CT molecular complexity index is 1750. The smallest absolute Gasteiger partial charge is 0.417 e. The van der Waals surface area contributed by atoms with Gasteiger partial charge in [0.2, 0.25) is 11.5 Å². The Labute approximate surface area is 268 Å². The minimum atomic E-state index is -4.96. The van der Waals surface area contributed by atoms with Gasteiger partial charge in [0.25, 0.3) is 5.91 Å². The normalized spacial score (nSPS) is 18.9. The summed E-state index contributed by atoms with van der Waals surface area (Å²) in [5.74, 6) is -1.94. The molecule has 0 aliphatic carbocycles. The van der Waals surface area contributed by atoms with Crippen LogP contribution in [-0.4, -0.2) is 83.6 Å². The molecule has 1 fully saturated rings. The van der Waals surface area contributed by atoms with Gasteiger partial charge in [-0.1, -0.05) is 6.08 Å². The quantitative estimate of drug-likeness (QED) is 0.278. The van der Waals surface area contributed by atoms with E-state index >= 15 is 4.39 Å². The number of pyridine rings is 1. The first-order valence-electron chi connectivity index (χ1n) is 15.1. The molecule has 5 rings (SSSR count). The molecule has 2 N–H and O–H groups in total. The summed E-state index contributed by atoms with van der Waals surface area (Å²) in [6.07, 6.45) is -0.664. The molecule has 0 radical (unpaired) electrons. The van der Waals surface area contributed by atoms with Crippen molar-refractivity contribution in [3.8, 4) is 0 Å². The molecule has 2 aliphatic heterocycles. The third kappa shape index (κ3) is 7.29. The number of esters is 1. The molecular formula is C32H35F4N7O4. The summed E-state index contributed by atoms with van der Waals surface area (Å²) >= 11 is 0. The second-order valence-electron chi connectivity index (χ2n) is 11.6. The van der Waals surface area contributed by atoms with Gasteiger partial charge in [-0.25, -0.2) is 19.2 Å². The first-order chi connectivity index (χ1) is 22.3. The highest BCUT2D eigenvalue weighted by Gasteiger charge is 2.36. The Morgan fingerprint density at radius 2 is 1.85 bits per heavy atom. The summed E-state index contributed by atoms with van der Waals surface area (Å²) in [6.45, 7) is 7.52. The topological polar surface area (TPSA) is 124 Å². The van der Waals surface area contributed by atoms with Crippen LogP contribution in [0.15, 0.2) is 47.5 Å². The molecule has 47 heavy (non-hydrogen) atoms. The van der Waals surface area contributed by atoms with Crippen LogP contribution in [0, 0.1) is 5.82 Å². The first-order valence-corrected chi connectivity index (χ1v) is 15.1. The number of halogens is 4. The molecule has 1 aromatic carbocycles. The van der Waals surface area contributed by atoms with Gasteiger partial charge in [0.15, 0.2) is 5.69 Å². The maximum absolute atomic E-state index is 15.9.